The van der Waals surface area contributed by atoms with Crippen molar-refractivity contribution in [3.05, 3.63) is 52.5 Å². The molecule has 2 aromatic rings. The van der Waals surface area contributed by atoms with Crippen LogP contribution in [0.1, 0.15) is 54.7 Å². The van der Waals surface area contributed by atoms with Gasteiger partial charge in [-0.3, -0.25) is 0 Å². The molecule has 1 N–H and O–H groups in total. The van der Waals surface area contributed by atoms with Gasteiger partial charge in [0.25, 0.3) is 0 Å². The standard InChI is InChI=1S/C23H28FN3O/c1-15-14-25-10-11-27(15)22-9-8-16-4-3-7-20(23(16)26-22)28-21-13-18(24)12-17-5-2-6-19(17)21/h8-9,12-13,15,20,25H,2-7,10-11,14H2,1H3/t15-,20+/m1/s1. The minimum absolute atomic E-state index is 0.0894. The molecule has 1 aromatic carbocycles. The zero-order chi connectivity index (χ0) is 19.1. The lowest BCUT2D eigenvalue weighted by Crippen LogP contribution is -2.50. The van der Waals surface area contributed by atoms with Gasteiger partial charge in [-0.25, -0.2) is 9.37 Å². The number of piperazine rings is 1. The van der Waals surface area contributed by atoms with Gasteiger partial charge in [0.2, 0.25) is 0 Å². The van der Waals surface area contributed by atoms with E-state index in [4.69, 9.17) is 9.72 Å². The van der Waals surface area contributed by atoms with Crippen LogP contribution in [0.3, 0.4) is 0 Å². The average molecular weight is 381 g/mol. The van der Waals surface area contributed by atoms with E-state index < -0.39 is 0 Å². The third-order valence-corrected chi connectivity index (χ3v) is 6.42. The molecule has 1 aromatic heterocycles. The number of nitrogens with one attached hydrogen (secondary N) is 1. The van der Waals surface area contributed by atoms with Gasteiger partial charge in [0.05, 0.1) is 5.69 Å². The van der Waals surface area contributed by atoms with Gasteiger partial charge >= 0.3 is 0 Å². The number of fused-ring (bicyclic) bond motifs is 2. The summed E-state index contributed by atoms with van der Waals surface area (Å²) in [6.07, 6.45) is 5.99. The molecule has 1 aliphatic heterocycles. The van der Waals surface area contributed by atoms with Crippen molar-refractivity contribution in [2.24, 2.45) is 0 Å². The second kappa shape index (κ2) is 7.36. The number of benzene rings is 1. The molecule has 0 bridgehead atoms. The van der Waals surface area contributed by atoms with Gasteiger partial charge < -0.3 is 15.0 Å². The normalized spacial score (nSPS) is 24.0. The Morgan fingerprint density at radius 1 is 1.14 bits per heavy atom. The number of halogens is 1. The molecule has 2 heterocycles. The average Bonchev–Trinajstić information content (AvgIpc) is 3.17. The quantitative estimate of drug-likeness (QED) is 0.873. The zero-order valence-electron chi connectivity index (χ0n) is 16.5. The highest BCUT2D eigenvalue weighted by Crippen LogP contribution is 2.38. The summed E-state index contributed by atoms with van der Waals surface area (Å²) < 4.78 is 20.6. The van der Waals surface area contributed by atoms with Crippen LogP contribution >= 0.6 is 0 Å². The molecule has 0 amide bonds. The molecular formula is C23H28FN3O. The Balaban J connectivity index is 1.46. The number of nitrogens with zero attached hydrogens (tertiary/aromatic N) is 2. The van der Waals surface area contributed by atoms with Crippen molar-refractivity contribution in [2.45, 2.75) is 57.6 Å². The summed E-state index contributed by atoms with van der Waals surface area (Å²) in [5.74, 6) is 1.57. The largest absolute Gasteiger partial charge is 0.484 e. The minimum atomic E-state index is -0.192. The second-order valence-corrected chi connectivity index (χ2v) is 8.35. The van der Waals surface area contributed by atoms with Crippen LogP contribution in [0.2, 0.25) is 0 Å². The SMILES string of the molecule is C[C@@H]1CNCCN1c1ccc2c(n1)[C@@H](Oc1cc(F)cc3c1CCC3)CCC2. The summed E-state index contributed by atoms with van der Waals surface area (Å²) in [5, 5.41) is 3.44. The maximum atomic E-state index is 14.1. The van der Waals surface area contributed by atoms with Crippen LogP contribution in [-0.4, -0.2) is 30.7 Å². The molecule has 3 aliphatic rings. The van der Waals surface area contributed by atoms with Crippen LogP contribution in [0, 0.1) is 5.82 Å². The van der Waals surface area contributed by atoms with Gasteiger partial charge in [0, 0.05) is 31.7 Å². The van der Waals surface area contributed by atoms with Crippen molar-refractivity contribution in [3.63, 3.8) is 0 Å². The molecule has 0 spiro atoms. The van der Waals surface area contributed by atoms with Crippen LogP contribution in [-0.2, 0) is 19.3 Å². The number of rotatable bonds is 3. The summed E-state index contributed by atoms with van der Waals surface area (Å²) in [7, 11) is 0. The van der Waals surface area contributed by atoms with Gasteiger partial charge in [-0.1, -0.05) is 6.07 Å². The van der Waals surface area contributed by atoms with Gasteiger partial charge in [-0.2, -0.15) is 0 Å². The molecule has 148 valence electrons. The minimum Gasteiger partial charge on any atom is -0.484 e. The summed E-state index contributed by atoms with van der Waals surface area (Å²) >= 11 is 0. The molecule has 4 nitrogen and oxygen atoms in total. The van der Waals surface area contributed by atoms with E-state index in [0.717, 1.165) is 81.0 Å². The Kier molecular flexibility index (Phi) is 4.71. The highest BCUT2D eigenvalue weighted by atomic mass is 19.1. The van der Waals surface area contributed by atoms with E-state index in [9.17, 15) is 4.39 Å². The Bertz CT molecular complexity index is 884. The molecule has 2 atom stereocenters. The fourth-order valence-corrected chi connectivity index (χ4v) is 4.94. The first-order valence-corrected chi connectivity index (χ1v) is 10.6. The summed E-state index contributed by atoms with van der Waals surface area (Å²) in [6.45, 7) is 5.17. The lowest BCUT2D eigenvalue weighted by atomic mass is 9.93. The van der Waals surface area contributed by atoms with E-state index in [0.29, 0.717) is 6.04 Å². The maximum absolute atomic E-state index is 14.1. The third kappa shape index (κ3) is 3.26. The fraction of sp³-hybridized carbons (Fsp3) is 0.522. The monoisotopic (exact) mass is 381 g/mol. The number of aryl methyl sites for hydroxylation is 2. The predicted molar refractivity (Wildman–Crippen MR) is 109 cm³/mol. The van der Waals surface area contributed by atoms with Gasteiger partial charge in [0.1, 0.15) is 23.5 Å². The van der Waals surface area contributed by atoms with Crippen molar-refractivity contribution < 1.29 is 9.13 Å². The Morgan fingerprint density at radius 2 is 2.04 bits per heavy atom. The molecule has 0 unspecified atom stereocenters. The molecule has 5 rings (SSSR count). The van der Waals surface area contributed by atoms with E-state index in [-0.39, 0.29) is 11.9 Å². The van der Waals surface area contributed by atoms with Crippen molar-refractivity contribution in [1.29, 1.82) is 0 Å². The molecule has 1 saturated heterocycles. The van der Waals surface area contributed by atoms with Crippen molar-refractivity contribution in [3.8, 4) is 5.75 Å². The van der Waals surface area contributed by atoms with Crippen LogP contribution in [0.4, 0.5) is 10.2 Å². The van der Waals surface area contributed by atoms with Gasteiger partial charge in [-0.15, -0.1) is 0 Å². The molecule has 0 radical (unpaired) electrons. The third-order valence-electron chi connectivity index (χ3n) is 6.42. The number of pyridine rings is 1. The number of hydrogen-bond donors (Lipinski definition) is 1. The number of aromatic nitrogens is 1. The van der Waals surface area contributed by atoms with Crippen molar-refractivity contribution in [2.75, 3.05) is 24.5 Å². The Morgan fingerprint density at radius 3 is 2.93 bits per heavy atom. The molecular weight excluding hydrogens is 353 g/mol. The second-order valence-electron chi connectivity index (χ2n) is 8.35. The Hall–Kier alpha value is -2.14. The fourth-order valence-electron chi connectivity index (χ4n) is 4.94. The molecule has 5 heteroatoms. The van der Waals surface area contributed by atoms with E-state index in [1.54, 1.807) is 12.1 Å². The van der Waals surface area contributed by atoms with Crippen molar-refractivity contribution >= 4 is 5.82 Å². The van der Waals surface area contributed by atoms with E-state index in [1.165, 1.54) is 11.1 Å². The summed E-state index contributed by atoms with van der Waals surface area (Å²) in [6, 6.07) is 8.04. The highest BCUT2D eigenvalue weighted by molar-refractivity contribution is 5.46. The van der Waals surface area contributed by atoms with E-state index >= 15 is 0 Å². The smallest absolute Gasteiger partial charge is 0.141 e. The summed E-state index contributed by atoms with van der Waals surface area (Å²) in [4.78, 5) is 7.44. The molecule has 2 aliphatic carbocycles. The molecule has 0 saturated carbocycles. The first-order chi connectivity index (χ1) is 13.7. The van der Waals surface area contributed by atoms with Crippen molar-refractivity contribution in [1.82, 2.24) is 10.3 Å². The molecule has 28 heavy (non-hydrogen) atoms. The van der Waals surface area contributed by atoms with E-state index in [1.807, 2.05) is 0 Å². The Labute approximate surface area is 166 Å². The topological polar surface area (TPSA) is 37.4 Å². The van der Waals surface area contributed by atoms with Crippen LogP contribution < -0.4 is 15.0 Å². The van der Waals surface area contributed by atoms with Crippen LogP contribution in [0.5, 0.6) is 5.75 Å². The first-order valence-electron chi connectivity index (χ1n) is 10.6. The number of hydrogen-bond acceptors (Lipinski definition) is 4. The zero-order valence-corrected chi connectivity index (χ0v) is 16.5. The van der Waals surface area contributed by atoms with Gasteiger partial charge in [0.15, 0.2) is 0 Å². The van der Waals surface area contributed by atoms with Gasteiger partial charge in [-0.05, 0) is 74.3 Å². The number of ether oxygens (including phenoxy) is 1. The lowest BCUT2D eigenvalue weighted by molar-refractivity contribution is 0.176. The molecule has 1 fully saturated rings. The van der Waals surface area contributed by atoms with Crippen LogP contribution in [0.15, 0.2) is 24.3 Å². The summed E-state index contributed by atoms with van der Waals surface area (Å²) in [5.41, 5.74) is 4.63. The van der Waals surface area contributed by atoms with E-state index in [2.05, 4.69) is 29.3 Å². The maximum Gasteiger partial charge on any atom is 0.141 e. The predicted octanol–water partition coefficient (Wildman–Crippen LogP) is 3.96. The highest BCUT2D eigenvalue weighted by Gasteiger charge is 2.28. The lowest BCUT2D eigenvalue weighted by Gasteiger charge is -2.36. The number of anilines is 1. The van der Waals surface area contributed by atoms with Crippen LogP contribution in [0.25, 0.3) is 0 Å². The first kappa shape index (κ1) is 17.9.